The average Bonchev–Trinajstić information content (AvgIpc) is 2.84. The quantitative estimate of drug-likeness (QED) is 0.916. The molecule has 1 aliphatic rings. The minimum Gasteiger partial charge on any atom is -0.325 e. The maximum absolute atomic E-state index is 12.2. The van der Waals surface area contributed by atoms with Gasteiger partial charge in [0.25, 0.3) is 0 Å². The van der Waals surface area contributed by atoms with Crippen LogP contribution in [-0.2, 0) is 24.2 Å². The minimum atomic E-state index is 0.000934. The number of aromatic nitrogens is 1. The molecule has 2 N–H and O–H groups in total. The molecular formula is C16H19N3OS. The lowest BCUT2D eigenvalue weighted by molar-refractivity contribution is -0.115. The summed E-state index contributed by atoms with van der Waals surface area (Å²) < 4.78 is 0. The molecule has 4 nitrogen and oxygen atoms in total. The van der Waals surface area contributed by atoms with Crippen LogP contribution < -0.4 is 10.6 Å². The van der Waals surface area contributed by atoms with Crippen molar-refractivity contribution < 1.29 is 4.79 Å². The number of benzene rings is 1. The molecule has 0 aliphatic carbocycles. The van der Waals surface area contributed by atoms with E-state index in [1.54, 1.807) is 11.3 Å². The van der Waals surface area contributed by atoms with Gasteiger partial charge in [0.2, 0.25) is 5.91 Å². The highest BCUT2D eigenvalue weighted by atomic mass is 32.1. The van der Waals surface area contributed by atoms with Crippen molar-refractivity contribution in [1.29, 1.82) is 0 Å². The van der Waals surface area contributed by atoms with Crippen molar-refractivity contribution in [2.75, 3.05) is 11.9 Å². The van der Waals surface area contributed by atoms with Gasteiger partial charge in [-0.2, -0.15) is 0 Å². The lowest BCUT2D eigenvalue weighted by Gasteiger charge is -2.09. The van der Waals surface area contributed by atoms with E-state index < -0.39 is 0 Å². The number of carbonyl (C=O) groups excluding carboxylic acids is 1. The van der Waals surface area contributed by atoms with Crippen LogP contribution in [0.25, 0.3) is 0 Å². The number of anilines is 1. The Hall–Kier alpha value is -1.72. The topological polar surface area (TPSA) is 54.0 Å². The molecule has 21 heavy (non-hydrogen) atoms. The zero-order chi connectivity index (χ0) is 14.8. The van der Waals surface area contributed by atoms with E-state index in [1.807, 2.05) is 26.0 Å². The van der Waals surface area contributed by atoms with E-state index in [9.17, 15) is 4.79 Å². The summed E-state index contributed by atoms with van der Waals surface area (Å²) in [5.41, 5.74) is 4.33. The van der Waals surface area contributed by atoms with Crippen LogP contribution in [-0.4, -0.2) is 17.4 Å². The molecule has 3 rings (SSSR count). The standard InChI is InChI=1S/C16H19N3OS/c1-10-3-4-12(11(2)7-10)18-15(20)8-16-19-13-5-6-17-9-14(13)21-16/h3-4,7,17H,5-6,8-9H2,1-2H3,(H,18,20). The smallest absolute Gasteiger partial charge is 0.231 e. The molecule has 0 bridgehead atoms. The third kappa shape index (κ3) is 3.31. The second kappa shape index (κ2) is 5.95. The highest BCUT2D eigenvalue weighted by molar-refractivity contribution is 7.11. The Bertz CT molecular complexity index is 655. The van der Waals surface area contributed by atoms with Crippen LogP contribution in [0.4, 0.5) is 5.69 Å². The van der Waals surface area contributed by atoms with Crippen molar-refractivity contribution in [2.45, 2.75) is 33.2 Å². The first kappa shape index (κ1) is 14.2. The summed E-state index contributed by atoms with van der Waals surface area (Å²) in [7, 11) is 0. The first-order chi connectivity index (χ1) is 10.1. The van der Waals surface area contributed by atoms with Gasteiger partial charge in [0.05, 0.1) is 12.1 Å². The van der Waals surface area contributed by atoms with Crippen LogP contribution in [0.3, 0.4) is 0 Å². The van der Waals surface area contributed by atoms with Gasteiger partial charge >= 0.3 is 0 Å². The number of amides is 1. The lowest BCUT2D eigenvalue weighted by atomic mass is 10.1. The maximum atomic E-state index is 12.2. The van der Waals surface area contributed by atoms with Crippen molar-refractivity contribution in [2.24, 2.45) is 0 Å². The first-order valence-electron chi connectivity index (χ1n) is 7.17. The van der Waals surface area contributed by atoms with E-state index in [1.165, 1.54) is 10.4 Å². The fourth-order valence-electron chi connectivity index (χ4n) is 2.54. The van der Waals surface area contributed by atoms with Gasteiger partial charge in [-0.25, -0.2) is 4.98 Å². The molecule has 0 radical (unpaired) electrons. The number of nitrogens with zero attached hydrogens (tertiary/aromatic N) is 1. The van der Waals surface area contributed by atoms with Crippen LogP contribution in [0.5, 0.6) is 0 Å². The predicted octanol–water partition coefficient (Wildman–Crippen LogP) is 2.59. The fraction of sp³-hybridized carbons (Fsp3) is 0.375. The number of aryl methyl sites for hydroxylation is 2. The van der Waals surface area contributed by atoms with Crippen LogP contribution in [0.15, 0.2) is 18.2 Å². The third-order valence-electron chi connectivity index (χ3n) is 3.61. The van der Waals surface area contributed by atoms with Crippen LogP contribution in [0.2, 0.25) is 0 Å². The molecule has 0 saturated carbocycles. The summed E-state index contributed by atoms with van der Waals surface area (Å²) >= 11 is 1.65. The van der Waals surface area contributed by atoms with E-state index in [0.717, 1.165) is 41.5 Å². The largest absolute Gasteiger partial charge is 0.325 e. The normalized spacial score (nSPS) is 13.8. The number of hydrogen-bond acceptors (Lipinski definition) is 4. The number of nitrogens with one attached hydrogen (secondary N) is 2. The molecule has 1 amide bonds. The van der Waals surface area contributed by atoms with E-state index in [2.05, 4.69) is 21.7 Å². The number of rotatable bonds is 3. The molecule has 0 saturated heterocycles. The Morgan fingerprint density at radius 2 is 2.29 bits per heavy atom. The molecule has 5 heteroatoms. The van der Waals surface area contributed by atoms with Gasteiger partial charge in [-0.3, -0.25) is 4.79 Å². The van der Waals surface area contributed by atoms with Gasteiger partial charge in [-0.1, -0.05) is 17.7 Å². The number of thiazole rings is 1. The molecule has 0 spiro atoms. The molecule has 1 aromatic carbocycles. The van der Waals surface area contributed by atoms with E-state index in [-0.39, 0.29) is 5.91 Å². The van der Waals surface area contributed by atoms with Crippen molar-refractivity contribution >= 4 is 22.9 Å². The van der Waals surface area contributed by atoms with Gasteiger partial charge in [0.15, 0.2) is 0 Å². The summed E-state index contributed by atoms with van der Waals surface area (Å²) in [5.74, 6) is 0.000934. The molecule has 0 atom stereocenters. The SMILES string of the molecule is Cc1ccc(NC(=O)Cc2nc3c(s2)CNCC3)c(C)c1. The van der Waals surface area contributed by atoms with Gasteiger partial charge < -0.3 is 10.6 Å². The van der Waals surface area contributed by atoms with Crippen LogP contribution in [0.1, 0.15) is 26.7 Å². The zero-order valence-corrected chi connectivity index (χ0v) is 13.1. The summed E-state index contributed by atoms with van der Waals surface area (Å²) in [4.78, 5) is 18.0. The Morgan fingerprint density at radius 3 is 3.05 bits per heavy atom. The van der Waals surface area contributed by atoms with Crippen molar-refractivity contribution in [1.82, 2.24) is 10.3 Å². The highest BCUT2D eigenvalue weighted by Crippen LogP contribution is 2.22. The Morgan fingerprint density at radius 1 is 1.43 bits per heavy atom. The predicted molar refractivity (Wildman–Crippen MR) is 85.8 cm³/mol. The summed E-state index contributed by atoms with van der Waals surface area (Å²) in [6.07, 6.45) is 1.31. The molecular weight excluding hydrogens is 282 g/mol. The molecule has 1 aliphatic heterocycles. The second-order valence-electron chi connectivity index (χ2n) is 5.45. The van der Waals surface area contributed by atoms with Crippen molar-refractivity contribution in [3.05, 3.63) is 44.9 Å². The van der Waals surface area contributed by atoms with Crippen molar-refractivity contribution in [3.63, 3.8) is 0 Å². The van der Waals surface area contributed by atoms with E-state index >= 15 is 0 Å². The van der Waals surface area contributed by atoms with E-state index in [0.29, 0.717) is 6.42 Å². The summed E-state index contributed by atoms with van der Waals surface area (Å²) in [6, 6.07) is 6.04. The molecule has 2 heterocycles. The minimum absolute atomic E-state index is 0.000934. The van der Waals surface area contributed by atoms with Crippen LogP contribution in [0, 0.1) is 13.8 Å². The molecule has 2 aromatic rings. The molecule has 0 unspecified atom stereocenters. The van der Waals surface area contributed by atoms with Crippen molar-refractivity contribution in [3.8, 4) is 0 Å². The zero-order valence-electron chi connectivity index (χ0n) is 12.3. The number of fused-ring (bicyclic) bond motifs is 1. The monoisotopic (exact) mass is 301 g/mol. The Balaban J connectivity index is 1.67. The van der Waals surface area contributed by atoms with E-state index in [4.69, 9.17) is 0 Å². The second-order valence-corrected chi connectivity index (χ2v) is 6.62. The van der Waals surface area contributed by atoms with Gasteiger partial charge in [-0.15, -0.1) is 11.3 Å². The van der Waals surface area contributed by atoms with Gasteiger partial charge in [0.1, 0.15) is 5.01 Å². The summed E-state index contributed by atoms with van der Waals surface area (Å²) in [6.45, 7) is 5.92. The number of hydrogen-bond donors (Lipinski definition) is 2. The van der Waals surface area contributed by atoms with Crippen LogP contribution >= 0.6 is 11.3 Å². The Kier molecular flexibility index (Phi) is 4.03. The summed E-state index contributed by atoms with van der Waals surface area (Å²) in [5, 5.41) is 7.22. The lowest BCUT2D eigenvalue weighted by Crippen LogP contribution is -2.22. The average molecular weight is 301 g/mol. The fourth-order valence-corrected chi connectivity index (χ4v) is 3.62. The maximum Gasteiger partial charge on any atom is 0.231 e. The van der Waals surface area contributed by atoms with Gasteiger partial charge in [-0.05, 0) is 25.5 Å². The molecule has 0 fully saturated rings. The third-order valence-corrected chi connectivity index (χ3v) is 4.71. The Labute approximate surface area is 128 Å². The molecule has 110 valence electrons. The molecule has 1 aromatic heterocycles. The number of carbonyl (C=O) groups is 1. The first-order valence-corrected chi connectivity index (χ1v) is 7.99. The van der Waals surface area contributed by atoms with Gasteiger partial charge in [0, 0.05) is 30.1 Å². The highest BCUT2D eigenvalue weighted by Gasteiger charge is 2.16.